The first-order valence-electron chi connectivity index (χ1n) is 7.08. The zero-order valence-electron chi connectivity index (χ0n) is 12.1. The Balaban J connectivity index is 2.03. The molecule has 0 aliphatic carbocycles. The second-order valence-corrected chi connectivity index (χ2v) is 6.09. The third-order valence-electron chi connectivity index (χ3n) is 4.14. The van der Waals surface area contributed by atoms with Crippen molar-refractivity contribution in [2.75, 3.05) is 7.05 Å². The largest absolute Gasteiger partial charge is 0.350 e. The summed E-state index contributed by atoms with van der Waals surface area (Å²) in [5, 5.41) is 1.41. The molecular weight excluding hydrogens is 234 g/mol. The van der Waals surface area contributed by atoms with Gasteiger partial charge in [-0.2, -0.15) is 0 Å². The fourth-order valence-electron chi connectivity index (χ4n) is 3.11. The first-order valence-corrected chi connectivity index (χ1v) is 7.08. The molecule has 1 aliphatic rings. The Labute approximate surface area is 115 Å². The van der Waals surface area contributed by atoms with Crippen molar-refractivity contribution in [3.8, 4) is 0 Å². The van der Waals surface area contributed by atoms with Gasteiger partial charge in [-0.3, -0.25) is 4.90 Å². The van der Waals surface area contributed by atoms with Crippen LogP contribution in [-0.4, -0.2) is 22.6 Å². The number of nitrogens with zero attached hydrogens (tertiary/aromatic N) is 2. The monoisotopic (exact) mass is 257 g/mol. The zero-order chi connectivity index (χ0) is 13.6. The maximum absolute atomic E-state index is 5.89. The number of fused-ring (bicyclic) bond motifs is 2. The predicted octanol–water partition coefficient (Wildman–Crippen LogP) is 2.40. The molecule has 3 rings (SSSR count). The highest BCUT2D eigenvalue weighted by Crippen LogP contribution is 2.30. The van der Waals surface area contributed by atoms with E-state index in [1.165, 1.54) is 27.6 Å². The maximum atomic E-state index is 5.89. The molecule has 3 nitrogen and oxygen atoms in total. The first-order chi connectivity index (χ1) is 9.04. The van der Waals surface area contributed by atoms with Gasteiger partial charge in [-0.15, -0.1) is 0 Å². The SMILES string of the molecule is CC(N)CCc1cn(C)c2cc3c(cc12)CN(C)C3. The summed E-state index contributed by atoms with van der Waals surface area (Å²) in [4.78, 5) is 2.37. The van der Waals surface area contributed by atoms with E-state index >= 15 is 0 Å². The fraction of sp³-hybridized carbons (Fsp3) is 0.500. The van der Waals surface area contributed by atoms with E-state index in [0.717, 1.165) is 25.9 Å². The highest BCUT2D eigenvalue weighted by molar-refractivity contribution is 5.85. The van der Waals surface area contributed by atoms with E-state index in [9.17, 15) is 0 Å². The first kappa shape index (κ1) is 12.7. The van der Waals surface area contributed by atoms with Crippen LogP contribution >= 0.6 is 0 Å². The molecule has 1 aliphatic heterocycles. The highest BCUT2D eigenvalue weighted by atomic mass is 15.1. The van der Waals surface area contributed by atoms with Crippen molar-refractivity contribution in [3.63, 3.8) is 0 Å². The Morgan fingerprint density at radius 3 is 2.58 bits per heavy atom. The number of hydrogen-bond acceptors (Lipinski definition) is 2. The number of hydrogen-bond donors (Lipinski definition) is 1. The third kappa shape index (κ3) is 2.28. The molecule has 0 bridgehead atoms. The summed E-state index contributed by atoms with van der Waals surface area (Å²) in [7, 11) is 4.32. The molecule has 2 aromatic rings. The Hall–Kier alpha value is -1.32. The molecule has 2 heterocycles. The lowest BCUT2D eigenvalue weighted by molar-refractivity contribution is 0.353. The zero-order valence-corrected chi connectivity index (χ0v) is 12.1. The Morgan fingerprint density at radius 1 is 1.21 bits per heavy atom. The topological polar surface area (TPSA) is 34.2 Å². The van der Waals surface area contributed by atoms with Crippen LogP contribution < -0.4 is 5.73 Å². The number of aromatic nitrogens is 1. The number of aryl methyl sites for hydroxylation is 2. The lowest BCUT2D eigenvalue weighted by Gasteiger charge is -2.04. The van der Waals surface area contributed by atoms with Gasteiger partial charge in [-0.1, -0.05) is 0 Å². The van der Waals surface area contributed by atoms with Crippen LogP contribution in [0.3, 0.4) is 0 Å². The number of rotatable bonds is 3. The van der Waals surface area contributed by atoms with E-state index in [-0.39, 0.29) is 6.04 Å². The Kier molecular flexibility index (Phi) is 3.11. The van der Waals surface area contributed by atoms with Gasteiger partial charge in [0.15, 0.2) is 0 Å². The average Bonchev–Trinajstić information content (AvgIpc) is 2.84. The minimum Gasteiger partial charge on any atom is -0.350 e. The molecule has 102 valence electrons. The van der Waals surface area contributed by atoms with Crippen molar-refractivity contribution in [2.24, 2.45) is 12.8 Å². The van der Waals surface area contributed by atoms with Crippen LogP contribution in [0, 0.1) is 0 Å². The van der Waals surface area contributed by atoms with Gasteiger partial charge in [0, 0.05) is 43.3 Å². The molecule has 1 aromatic heterocycles. The molecule has 3 heteroatoms. The third-order valence-corrected chi connectivity index (χ3v) is 4.14. The van der Waals surface area contributed by atoms with Gasteiger partial charge >= 0.3 is 0 Å². The molecule has 1 atom stereocenters. The molecule has 1 unspecified atom stereocenters. The van der Waals surface area contributed by atoms with Gasteiger partial charge in [0.25, 0.3) is 0 Å². The fourth-order valence-corrected chi connectivity index (χ4v) is 3.11. The standard InChI is InChI=1S/C16H23N3/c1-11(17)4-5-12-10-19(3)16-7-14-9-18(2)8-13(14)6-15(12)16/h6-7,10-11H,4-5,8-9,17H2,1-3H3. The van der Waals surface area contributed by atoms with Gasteiger partial charge in [0.05, 0.1) is 0 Å². The van der Waals surface area contributed by atoms with Gasteiger partial charge in [0.2, 0.25) is 0 Å². The molecule has 0 fully saturated rings. The highest BCUT2D eigenvalue weighted by Gasteiger charge is 2.18. The minimum atomic E-state index is 0.274. The van der Waals surface area contributed by atoms with Crippen molar-refractivity contribution < 1.29 is 0 Å². The van der Waals surface area contributed by atoms with Gasteiger partial charge in [0.1, 0.15) is 0 Å². The number of nitrogens with two attached hydrogens (primary N) is 1. The summed E-state index contributed by atoms with van der Waals surface area (Å²) in [6.07, 6.45) is 4.39. The normalized spacial score (nSPS) is 17.1. The average molecular weight is 257 g/mol. The van der Waals surface area contributed by atoms with Crippen molar-refractivity contribution in [1.29, 1.82) is 0 Å². The van der Waals surface area contributed by atoms with Crippen LogP contribution in [0.1, 0.15) is 30.0 Å². The Morgan fingerprint density at radius 2 is 1.89 bits per heavy atom. The van der Waals surface area contributed by atoms with E-state index in [1.807, 2.05) is 0 Å². The maximum Gasteiger partial charge on any atom is 0.0484 e. The molecule has 1 aromatic carbocycles. The predicted molar refractivity (Wildman–Crippen MR) is 80.1 cm³/mol. The lowest BCUT2D eigenvalue weighted by atomic mass is 10.0. The quantitative estimate of drug-likeness (QED) is 0.916. The molecule has 19 heavy (non-hydrogen) atoms. The lowest BCUT2D eigenvalue weighted by Crippen LogP contribution is -2.15. The molecule has 0 amide bonds. The summed E-state index contributed by atoms with van der Waals surface area (Å²) in [5.74, 6) is 0. The van der Waals surface area contributed by atoms with Crippen molar-refractivity contribution in [2.45, 2.75) is 38.9 Å². The summed E-state index contributed by atoms with van der Waals surface area (Å²) in [5.41, 5.74) is 11.6. The van der Waals surface area contributed by atoms with Gasteiger partial charge < -0.3 is 10.3 Å². The summed E-state index contributed by atoms with van der Waals surface area (Å²) in [6, 6.07) is 5.03. The molecule has 0 radical (unpaired) electrons. The Bertz CT molecular complexity index is 610. The second-order valence-electron chi connectivity index (χ2n) is 6.09. The summed E-state index contributed by atoms with van der Waals surface area (Å²) >= 11 is 0. The van der Waals surface area contributed by atoms with E-state index in [1.54, 1.807) is 0 Å². The number of benzene rings is 1. The minimum absolute atomic E-state index is 0.274. The molecular formula is C16H23N3. The molecule has 0 saturated heterocycles. The van der Waals surface area contributed by atoms with Crippen molar-refractivity contribution in [1.82, 2.24) is 9.47 Å². The second kappa shape index (κ2) is 4.66. The van der Waals surface area contributed by atoms with Crippen molar-refractivity contribution >= 4 is 10.9 Å². The summed E-state index contributed by atoms with van der Waals surface area (Å²) in [6.45, 7) is 4.23. The van der Waals surface area contributed by atoms with Gasteiger partial charge in [-0.25, -0.2) is 0 Å². The van der Waals surface area contributed by atoms with Crippen LogP contribution in [0.2, 0.25) is 0 Å². The van der Waals surface area contributed by atoms with Crippen LogP contribution in [-0.2, 0) is 26.6 Å². The van der Waals surface area contributed by atoms with Crippen LogP contribution in [0.5, 0.6) is 0 Å². The van der Waals surface area contributed by atoms with E-state index in [0.29, 0.717) is 0 Å². The van der Waals surface area contributed by atoms with Crippen LogP contribution in [0.4, 0.5) is 0 Å². The van der Waals surface area contributed by atoms with E-state index in [4.69, 9.17) is 5.73 Å². The van der Waals surface area contributed by atoms with E-state index in [2.05, 4.69) is 48.8 Å². The van der Waals surface area contributed by atoms with Crippen LogP contribution in [0.15, 0.2) is 18.3 Å². The smallest absolute Gasteiger partial charge is 0.0484 e. The molecule has 0 saturated carbocycles. The molecule has 0 spiro atoms. The van der Waals surface area contributed by atoms with Gasteiger partial charge in [-0.05, 0) is 55.6 Å². The molecule has 2 N–H and O–H groups in total. The van der Waals surface area contributed by atoms with E-state index < -0.39 is 0 Å². The van der Waals surface area contributed by atoms with Crippen molar-refractivity contribution in [3.05, 3.63) is 35.0 Å². The van der Waals surface area contributed by atoms with Crippen LogP contribution in [0.25, 0.3) is 10.9 Å². The summed E-state index contributed by atoms with van der Waals surface area (Å²) < 4.78 is 2.25.